The molecule has 28 heavy (non-hydrogen) atoms. The van der Waals surface area contributed by atoms with Crippen LogP contribution in [0.4, 0.5) is 0 Å². The van der Waals surface area contributed by atoms with Gasteiger partial charge < -0.3 is 14.9 Å². The number of aliphatic hydroxyl groups excluding tert-OH is 1. The summed E-state index contributed by atoms with van der Waals surface area (Å²) < 4.78 is 0. The minimum absolute atomic E-state index is 0.0738. The number of carbonyl (C=O) groups is 2. The summed E-state index contributed by atoms with van der Waals surface area (Å²) in [5.74, 6) is 0.162. The second-order valence-corrected chi connectivity index (χ2v) is 7.57. The molecule has 2 aromatic rings. The van der Waals surface area contributed by atoms with Crippen LogP contribution in [-0.4, -0.2) is 90.5 Å². The van der Waals surface area contributed by atoms with Crippen molar-refractivity contribution in [3.8, 4) is 0 Å². The highest BCUT2D eigenvalue weighted by Gasteiger charge is 2.28. The van der Waals surface area contributed by atoms with Crippen molar-refractivity contribution in [3.05, 3.63) is 41.6 Å². The van der Waals surface area contributed by atoms with Crippen molar-refractivity contribution in [2.24, 2.45) is 0 Å². The Balaban J connectivity index is 1.88. The van der Waals surface area contributed by atoms with Gasteiger partial charge in [-0.25, -0.2) is 0 Å². The van der Waals surface area contributed by atoms with Crippen molar-refractivity contribution < 1.29 is 14.7 Å². The van der Waals surface area contributed by atoms with Crippen LogP contribution >= 0.6 is 0 Å². The fraction of sp³-hybridized carbons (Fsp3) is 0.476. The molecule has 1 aromatic heterocycles. The molecule has 1 aliphatic heterocycles. The van der Waals surface area contributed by atoms with E-state index in [1.165, 1.54) is 4.90 Å². The summed E-state index contributed by atoms with van der Waals surface area (Å²) in [5, 5.41) is 9.99. The summed E-state index contributed by atoms with van der Waals surface area (Å²) in [6, 6.07) is 9.53. The first-order chi connectivity index (χ1) is 13.4. The van der Waals surface area contributed by atoms with Crippen molar-refractivity contribution in [2.75, 3.05) is 53.9 Å². The predicted octanol–water partition coefficient (Wildman–Crippen LogP) is 1.18. The number of nitrogens with zero attached hydrogens (tertiary/aromatic N) is 4. The lowest BCUT2D eigenvalue weighted by Gasteiger charge is -2.20. The van der Waals surface area contributed by atoms with E-state index in [9.17, 15) is 14.7 Å². The molecular formula is C21H28N4O3. The van der Waals surface area contributed by atoms with Gasteiger partial charge in [0.15, 0.2) is 0 Å². The molecule has 0 saturated carbocycles. The number of para-hydroxylation sites is 1. The molecule has 1 saturated heterocycles. The molecule has 0 unspecified atom stereocenters. The molecule has 7 nitrogen and oxygen atoms in total. The van der Waals surface area contributed by atoms with Gasteiger partial charge in [0.1, 0.15) is 0 Å². The van der Waals surface area contributed by atoms with Gasteiger partial charge in [-0.3, -0.25) is 19.5 Å². The van der Waals surface area contributed by atoms with Gasteiger partial charge in [0.05, 0.1) is 24.2 Å². The molecule has 0 spiro atoms. The molecule has 0 aliphatic carbocycles. The zero-order chi connectivity index (χ0) is 20.3. The summed E-state index contributed by atoms with van der Waals surface area (Å²) in [4.78, 5) is 35.0. The number of benzene rings is 1. The van der Waals surface area contributed by atoms with Crippen LogP contribution in [0, 0.1) is 0 Å². The Hall–Kier alpha value is -2.51. The van der Waals surface area contributed by atoms with E-state index >= 15 is 0 Å². The van der Waals surface area contributed by atoms with Crippen molar-refractivity contribution in [1.29, 1.82) is 0 Å². The molecular weight excluding hydrogens is 356 g/mol. The maximum Gasteiger partial charge on any atom is 0.254 e. The lowest BCUT2D eigenvalue weighted by Crippen LogP contribution is -2.35. The molecule has 3 rings (SSSR count). The molecule has 0 bridgehead atoms. The summed E-state index contributed by atoms with van der Waals surface area (Å²) in [7, 11) is 5.22. The fourth-order valence-electron chi connectivity index (χ4n) is 3.59. The molecule has 1 atom stereocenters. The highest BCUT2D eigenvalue weighted by atomic mass is 16.3. The van der Waals surface area contributed by atoms with Crippen molar-refractivity contribution in [3.63, 3.8) is 0 Å². The van der Waals surface area contributed by atoms with Gasteiger partial charge in [-0.1, -0.05) is 18.2 Å². The van der Waals surface area contributed by atoms with E-state index in [0.717, 1.165) is 36.1 Å². The Morgan fingerprint density at radius 1 is 1.25 bits per heavy atom. The van der Waals surface area contributed by atoms with Crippen molar-refractivity contribution in [1.82, 2.24) is 19.7 Å². The van der Waals surface area contributed by atoms with Gasteiger partial charge in [0.2, 0.25) is 5.91 Å². The number of fused-ring (bicyclic) bond motifs is 1. The Kier molecular flexibility index (Phi) is 6.26. The highest BCUT2D eigenvalue weighted by Crippen LogP contribution is 2.29. The number of rotatable bonds is 6. The Morgan fingerprint density at radius 2 is 2.00 bits per heavy atom. The zero-order valence-electron chi connectivity index (χ0n) is 16.8. The van der Waals surface area contributed by atoms with Gasteiger partial charge in [0.25, 0.3) is 5.91 Å². The van der Waals surface area contributed by atoms with Gasteiger partial charge in [-0.05, 0) is 25.1 Å². The summed E-state index contributed by atoms with van der Waals surface area (Å²) in [6.07, 6.45) is 0.909. The maximum absolute atomic E-state index is 12.9. The Labute approximate surface area is 165 Å². The third-order valence-electron chi connectivity index (χ3n) is 5.30. The van der Waals surface area contributed by atoms with Crippen molar-refractivity contribution in [2.45, 2.75) is 12.3 Å². The smallest absolute Gasteiger partial charge is 0.254 e. The first-order valence-electron chi connectivity index (χ1n) is 9.59. The van der Waals surface area contributed by atoms with E-state index < -0.39 is 0 Å². The number of pyridine rings is 1. The molecule has 2 amide bonds. The standard InChI is InChI=1S/C21H28N4O3/c1-23(2)20(27)14-25-9-8-15(13-25)19-12-17(21(28)24(3)10-11-26)16-6-4-5-7-18(16)22-19/h4-7,12,15,26H,8-11,13-14H2,1-3H3/t15-/m0/s1. The van der Waals surface area contributed by atoms with E-state index in [-0.39, 0.29) is 30.9 Å². The Morgan fingerprint density at radius 3 is 2.71 bits per heavy atom. The van der Waals surface area contributed by atoms with Gasteiger partial charge in [-0.2, -0.15) is 0 Å². The summed E-state index contributed by atoms with van der Waals surface area (Å²) in [5.41, 5.74) is 2.29. The molecule has 7 heteroatoms. The summed E-state index contributed by atoms with van der Waals surface area (Å²) >= 11 is 0. The third kappa shape index (κ3) is 4.31. The van der Waals surface area contributed by atoms with Gasteiger partial charge in [0, 0.05) is 51.2 Å². The Bertz CT molecular complexity index is 868. The minimum Gasteiger partial charge on any atom is -0.395 e. The third-order valence-corrected chi connectivity index (χ3v) is 5.30. The van der Waals surface area contributed by atoms with E-state index in [0.29, 0.717) is 12.1 Å². The molecule has 1 N–H and O–H groups in total. The topological polar surface area (TPSA) is 77.0 Å². The van der Waals surface area contributed by atoms with Crippen LogP contribution in [0.25, 0.3) is 10.9 Å². The van der Waals surface area contributed by atoms with Crippen LogP contribution in [0.2, 0.25) is 0 Å². The largest absolute Gasteiger partial charge is 0.395 e. The lowest BCUT2D eigenvalue weighted by atomic mass is 9.99. The van der Waals surface area contributed by atoms with E-state index in [1.54, 1.807) is 26.0 Å². The van der Waals surface area contributed by atoms with Gasteiger partial charge >= 0.3 is 0 Å². The number of carbonyl (C=O) groups excluding carboxylic acids is 2. The number of likely N-dealkylation sites (N-methyl/N-ethyl adjacent to an activating group) is 2. The average Bonchev–Trinajstić information content (AvgIpc) is 3.15. The second-order valence-electron chi connectivity index (χ2n) is 7.57. The lowest BCUT2D eigenvalue weighted by molar-refractivity contribution is -0.129. The van der Waals surface area contributed by atoms with Crippen LogP contribution < -0.4 is 0 Å². The van der Waals surface area contributed by atoms with Crippen LogP contribution in [-0.2, 0) is 4.79 Å². The van der Waals surface area contributed by atoms with E-state index in [2.05, 4.69) is 4.90 Å². The predicted molar refractivity (Wildman–Crippen MR) is 108 cm³/mol. The van der Waals surface area contributed by atoms with E-state index in [1.807, 2.05) is 30.3 Å². The normalized spacial score (nSPS) is 17.1. The summed E-state index contributed by atoms with van der Waals surface area (Å²) in [6.45, 7) is 2.21. The SMILES string of the molecule is CN(C)C(=O)CN1CC[C@H](c2cc(C(=O)N(C)CCO)c3ccccc3n2)C1. The number of likely N-dealkylation sites (tertiary alicyclic amines) is 1. The molecule has 150 valence electrons. The number of amides is 2. The van der Waals surface area contributed by atoms with Crippen molar-refractivity contribution >= 4 is 22.7 Å². The first-order valence-corrected chi connectivity index (χ1v) is 9.59. The zero-order valence-corrected chi connectivity index (χ0v) is 16.8. The number of aromatic nitrogens is 1. The molecule has 1 aliphatic rings. The monoisotopic (exact) mass is 384 g/mol. The second kappa shape index (κ2) is 8.67. The molecule has 2 heterocycles. The highest BCUT2D eigenvalue weighted by molar-refractivity contribution is 6.06. The number of hydrogen-bond donors (Lipinski definition) is 1. The molecule has 1 aromatic carbocycles. The molecule has 1 fully saturated rings. The van der Waals surface area contributed by atoms with Crippen LogP contribution in [0.1, 0.15) is 28.4 Å². The number of hydrogen-bond acceptors (Lipinski definition) is 5. The van der Waals surface area contributed by atoms with E-state index in [4.69, 9.17) is 4.98 Å². The van der Waals surface area contributed by atoms with Crippen LogP contribution in [0.5, 0.6) is 0 Å². The van der Waals surface area contributed by atoms with Crippen LogP contribution in [0.15, 0.2) is 30.3 Å². The van der Waals surface area contributed by atoms with Gasteiger partial charge in [-0.15, -0.1) is 0 Å². The quantitative estimate of drug-likeness (QED) is 0.809. The first kappa shape index (κ1) is 20.2. The fourth-order valence-corrected chi connectivity index (χ4v) is 3.59. The maximum atomic E-state index is 12.9. The minimum atomic E-state index is -0.119. The average molecular weight is 384 g/mol. The van der Waals surface area contributed by atoms with Crippen LogP contribution in [0.3, 0.4) is 0 Å². The molecule has 0 radical (unpaired) electrons. The number of aliphatic hydroxyl groups is 1.